The van der Waals surface area contributed by atoms with Crippen LogP contribution in [-0.4, -0.2) is 56.6 Å². The highest BCUT2D eigenvalue weighted by Gasteiger charge is 2.23. The van der Waals surface area contributed by atoms with Crippen LogP contribution in [-0.2, 0) is 13.1 Å². The number of aromatic nitrogens is 4. The first-order valence-electron chi connectivity index (χ1n) is 14.2. The predicted molar refractivity (Wildman–Crippen MR) is 168 cm³/mol. The molecule has 1 aliphatic rings. The van der Waals surface area contributed by atoms with Crippen molar-refractivity contribution in [2.75, 3.05) is 41.7 Å². The van der Waals surface area contributed by atoms with Crippen molar-refractivity contribution in [3.8, 4) is 0 Å². The van der Waals surface area contributed by atoms with Gasteiger partial charge in [-0.25, -0.2) is 14.2 Å². The molecule has 0 unspecified atom stereocenters. The van der Waals surface area contributed by atoms with Crippen LogP contribution in [0.3, 0.4) is 0 Å². The fourth-order valence-electron chi connectivity index (χ4n) is 5.16. The Morgan fingerprint density at radius 1 is 0.977 bits per heavy atom. The molecule has 0 spiro atoms. The van der Waals surface area contributed by atoms with E-state index < -0.39 is 0 Å². The zero-order valence-corrected chi connectivity index (χ0v) is 24.6. The Hall–Kier alpha value is -4.70. The first kappa shape index (κ1) is 28.4. The molecule has 1 saturated heterocycles. The van der Waals surface area contributed by atoms with E-state index in [9.17, 15) is 9.18 Å². The van der Waals surface area contributed by atoms with Gasteiger partial charge in [-0.2, -0.15) is 9.97 Å². The molecule has 0 aliphatic carbocycles. The summed E-state index contributed by atoms with van der Waals surface area (Å²) in [5, 5.41) is 7.08. The summed E-state index contributed by atoms with van der Waals surface area (Å²) >= 11 is 6.47. The molecule has 2 aromatic heterocycles. The monoisotopic (exact) mass is 598 g/mol. The zero-order valence-electron chi connectivity index (χ0n) is 23.8. The van der Waals surface area contributed by atoms with Gasteiger partial charge in [-0.3, -0.25) is 0 Å². The minimum Gasteiger partial charge on any atom is -0.364 e. The number of amides is 2. The molecule has 3 aromatic carbocycles. The number of fused-ring (bicyclic) bond motifs is 1. The molecule has 220 valence electrons. The fraction of sp³-hybridized carbons (Fsp3) is 0.250. The summed E-state index contributed by atoms with van der Waals surface area (Å²) in [4.78, 5) is 31.5. The first-order valence-corrected chi connectivity index (χ1v) is 14.6. The van der Waals surface area contributed by atoms with Crippen molar-refractivity contribution in [3.63, 3.8) is 0 Å². The molecule has 1 aliphatic heterocycles. The number of carbonyl (C=O) groups excluding carboxylic acids is 1. The van der Waals surface area contributed by atoms with Gasteiger partial charge < -0.3 is 25.0 Å². The lowest BCUT2D eigenvalue weighted by atomic mass is 10.2. The second-order valence-electron chi connectivity index (χ2n) is 10.6. The Labute approximate surface area is 254 Å². The van der Waals surface area contributed by atoms with Gasteiger partial charge in [0.15, 0.2) is 17.0 Å². The Kier molecular flexibility index (Phi) is 8.37. The van der Waals surface area contributed by atoms with Crippen molar-refractivity contribution in [2.45, 2.75) is 26.4 Å². The molecular formula is C32H32ClFN8O. The third-order valence-electron chi connectivity index (χ3n) is 7.46. The quantitative estimate of drug-likeness (QED) is 0.227. The van der Waals surface area contributed by atoms with E-state index in [0.29, 0.717) is 67.2 Å². The molecule has 11 heteroatoms. The number of aryl methyl sites for hydroxylation is 1. The van der Waals surface area contributed by atoms with E-state index in [1.54, 1.807) is 18.5 Å². The van der Waals surface area contributed by atoms with Crippen LogP contribution >= 0.6 is 11.6 Å². The summed E-state index contributed by atoms with van der Waals surface area (Å²) in [6, 6.07) is 21.7. The third kappa shape index (κ3) is 6.70. The normalized spacial score (nSPS) is 13.7. The molecule has 43 heavy (non-hydrogen) atoms. The van der Waals surface area contributed by atoms with Gasteiger partial charge in [0.1, 0.15) is 5.82 Å². The van der Waals surface area contributed by atoms with Crippen LogP contribution in [0.2, 0.25) is 5.02 Å². The number of hydrogen-bond acceptors (Lipinski definition) is 6. The average molecular weight is 599 g/mol. The molecule has 6 rings (SSSR count). The third-order valence-corrected chi connectivity index (χ3v) is 7.83. The molecule has 3 heterocycles. The highest BCUT2D eigenvalue weighted by atomic mass is 35.5. The summed E-state index contributed by atoms with van der Waals surface area (Å²) < 4.78 is 15.4. The van der Waals surface area contributed by atoms with Crippen molar-refractivity contribution in [1.29, 1.82) is 0 Å². The summed E-state index contributed by atoms with van der Waals surface area (Å²) in [5.41, 5.74) is 5.04. The lowest BCUT2D eigenvalue weighted by molar-refractivity contribution is 0.215. The van der Waals surface area contributed by atoms with Crippen molar-refractivity contribution in [1.82, 2.24) is 24.4 Å². The highest BCUT2D eigenvalue weighted by Crippen LogP contribution is 2.26. The van der Waals surface area contributed by atoms with Gasteiger partial charge in [0.05, 0.1) is 12.9 Å². The minimum atomic E-state index is -0.281. The molecule has 9 nitrogen and oxygen atoms in total. The van der Waals surface area contributed by atoms with E-state index in [0.717, 1.165) is 28.8 Å². The first-order chi connectivity index (χ1) is 20.9. The van der Waals surface area contributed by atoms with Gasteiger partial charge in [0.2, 0.25) is 5.95 Å². The zero-order chi connectivity index (χ0) is 29.8. The van der Waals surface area contributed by atoms with E-state index in [1.165, 1.54) is 12.1 Å². The maximum atomic E-state index is 13.5. The van der Waals surface area contributed by atoms with Crippen molar-refractivity contribution < 1.29 is 9.18 Å². The van der Waals surface area contributed by atoms with Crippen LogP contribution in [0.25, 0.3) is 11.2 Å². The number of benzene rings is 3. The molecule has 0 bridgehead atoms. The minimum absolute atomic E-state index is 0.122. The number of halogens is 2. The van der Waals surface area contributed by atoms with E-state index >= 15 is 0 Å². The maximum Gasteiger partial charge on any atom is 0.321 e. The Morgan fingerprint density at radius 2 is 1.81 bits per heavy atom. The molecule has 0 saturated carbocycles. The van der Waals surface area contributed by atoms with Gasteiger partial charge >= 0.3 is 6.03 Å². The van der Waals surface area contributed by atoms with Crippen LogP contribution in [0.1, 0.15) is 23.1 Å². The summed E-state index contributed by atoms with van der Waals surface area (Å²) in [7, 11) is 0. The number of nitrogens with one attached hydrogen (secondary N) is 2. The van der Waals surface area contributed by atoms with Crippen LogP contribution in [0.5, 0.6) is 0 Å². The number of nitrogens with zero attached hydrogens (tertiary/aromatic N) is 6. The van der Waals surface area contributed by atoms with Crippen molar-refractivity contribution in [3.05, 3.63) is 107 Å². The molecule has 5 aromatic rings. The van der Waals surface area contributed by atoms with Crippen LogP contribution in [0, 0.1) is 12.7 Å². The van der Waals surface area contributed by atoms with E-state index in [4.69, 9.17) is 21.6 Å². The topological polar surface area (TPSA) is 91.2 Å². The van der Waals surface area contributed by atoms with Gasteiger partial charge in [0.25, 0.3) is 0 Å². The molecule has 2 amide bonds. The largest absolute Gasteiger partial charge is 0.364 e. The van der Waals surface area contributed by atoms with Crippen LogP contribution < -0.4 is 15.5 Å². The second-order valence-corrected chi connectivity index (χ2v) is 11.0. The predicted octanol–water partition coefficient (Wildman–Crippen LogP) is 6.33. The highest BCUT2D eigenvalue weighted by molar-refractivity contribution is 6.31. The van der Waals surface area contributed by atoms with Gasteiger partial charge in [-0.15, -0.1) is 0 Å². The number of hydrogen-bond donors (Lipinski definition) is 2. The number of urea groups is 1. The molecule has 1 fully saturated rings. The van der Waals surface area contributed by atoms with Crippen molar-refractivity contribution >= 4 is 46.2 Å². The van der Waals surface area contributed by atoms with E-state index in [-0.39, 0.29) is 11.8 Å². The summed E-state index contributed by atoms with van der Waals surface area (Å²) in [6.45, 7) is 5.35. The van der Waals surface area contributed by atoms with E-state index in [2.05, 4.69) is 20.5 Å². The molecule has 0 radical (unpaired) electrons. The summed E-state index contributed by atoms with van der Waals surface area (Å²) in [6.07, 6.45) is 2.51. The van der Waals surface area contributed by atoms with Crippen LogP contribution in [0.15, 0.2) is 79.1 Å². The average Bonchev–Trinajstić information content (AvgIpc) is 3.23. The van der Waals surface area contributed by atoms with Crippen molar-refractivity contribution in [2.24, 2.45) is 0 Å². The van der Waals surface area contributed by atoms with Gasteiger partial charge in [-0.05, 0) is 60.4 Å². The number of anilines is 3. The van der Waals surface area contributed by atoms with Gasteiger partial charge in [0, 0.05) is 43.4 Å². The Balaban J connectivity index is 1.26. The second kappa shape index (κ2) is 12.7. The molecule has 0 atom stereocenters. The Bertz CT molecular complexity index is 1740. The molecule has 2 N–H and O–H groups in total. The number of imidazole rings is 1. The number of rotatable bonds is 7. The molecular weight excluding hydrogens is 567 g/mol. The fourth-order valence-corrected chi connectivity index (χ4v) is 5.35. The maximum absolute atomic E-state index is 13.5. The smallest absolute Gasteiger partial charge is 0.321 e. The summed E-state index contributed by atoms with van der Waals surface area (Å²) in [5.74, 6) is 0.855. The lowest BCUT2D eigenvalue weighted by Gasteiger charge is -2.23. The lowest BCUT2D eigenvalue weighted by Crippen LogP contribution is -2.38. The van der Waals surface area contributed by atoms with Crippen LogP contribution in [0.4, 0.5) is 26.6 Å². The van der Waals surface area contributed by atoms with E-state index in [1.807, 2.05) is 64.9 Å². The van der Waals surface area contributed by atoms with Gasteiger partial charge in [-0.1, -0.05) is 54.1 Å². The standard InChI is InChI=1S/C32H32ClFN8O/c1-22-6-4-8-26(18-22)37-32(43)41-15-5-14-40(16-17-41)31-38-29(35-19-23-10-12-25(34)13-11-23)28-30(39-31)42(21-36-28)20-24-7-2-3-9-27(24)33/h2-4,6-13,18,21H,5,14-17,19-20H2,1H3,(H,37,43)(H,35,38,39). The Morgan fingerprint density at radius 3 is 2.63 bits per heavy atom. The number of carbonyl (C=O) groups is 1. The SMILES string of the molecule is Cc1cccc(NC(=O)N2CCCN(c3nc(NCc4ccc(F)cc4)c4ncn(Cc5ccccc5Cl)c4n3)CC2)c1.